The molecule has 0 unspecified atom stereocenters. The molecule has 10 heteroatoms. The third-order valence-corrected chi connectivity index (χ3v) is 3.92. The predicted molar refractivity (Wildman–Crippen MR) is 89.1 cm³/mol. The van der Waals surface area contributed by atoms with Crippen molar-refractivity contribution in [1.29, 1.82) is 5.26 Å². The third-order valence-electron chi connectivity index (χ3n) is 3.92. The molecule has 3 rings (SSSR count). The zero-order valence-corrected chi connectivity index (χ0v) is 14.2. The topological polar surface area (TPSA) is 111 Å². The van der Waals surface area contributed by atoms with Gasteiger partial charge in [-0.3, -0.25) is 9.78 Å². The quantitative estimate of drug-likeness (QED) is 0.851. The summed E-state index contributed by atoms with van der Waals surface area (Å²) in [5.41, 5.74) is 1.02. The van der Waals surface area contributed by atoms with E-state index in [1.54, 1.807) is 6.07 Å². The minimum atomic E-state index is -0.874. The summed E-state index contributed by atoms with van der Waals surface area (Å²) >= 11 is 0. The number of aromatic nitrogens is 2. The highest BCUT2D eigenvalue weighted by Crippen LogP contribution is 2.22. The van der Waals surface area contributed by atoms with Gasteiger partial charge in [-0.15, -0.1) is 0 Å². The number of nitriles is 1. The number of carbonyl (C=O) groups is 2. The van der Waals surface area contributed by atoms with E-state index in [1.165, 1.54) is 17.9 Å². The Morgan fingerprint density at radius 1 is 1.48 bits per heavy atom. The van der Waals surface area contributed by atoms with E-state index in [2.05, 4.69) is 20.6 Å². The molecule has 2 N–H and O–H groups in total. The molecule has 0 aromatic carbocycles. The molecule has 0 fully saturated rings. The van der Waals surface area contributed by atoms with Gasteiger partial charge in [-0.1, -0.05) is 0 Å². The zero-order chi connectivity index (χ0) is 19.6. The fraction of sp³-hybridized carbons (Fsp3) is 0.235. The molecule has 0 spiro atoms. The number of nitrogens with zero attached hydrogens (tertiary/aromatic N) is 4. The maximum atomic E-state index is 13.7. The summed E-state index contributed by atoms with van der Waals surface area (Å²) in [5, 5.41) is 14.0. The van der Waals surface area contributed by atoms with Gasteiger partial charge in [-0.25, -0.2) is 18.6 Å². The van der Waals surface area contributed by atoms with Crippen LogP contribution in [0.2, 0.25) is 0 Å². The normalized spacial score (nSPS) is 14.0. The summed E-state index contributed by atoms with van der Waals surface area (Å²) in [4.78, 5) is 33.3. The smallest absolute Gasteiger partial charge is 0.322 e. The molecule has 1 aliphatic rings. The first-order valence-corrected chi connectivity index (χ1v) is 7.93. The number of carbonyl (C=O) groups excluding carboxylic acids is 2. The first-order valence-electron chi connectivity index (χ1n) is 7.93. The van der Waals surface area contributed by atoms with Crippen molar-refractivity contribution < 1.29 is 18.4 Å². The molecule has 8 nitrogen and oxygen atoms in total. The van der Waals surface area contributed by atoms with Crippen LogP contribution in [0.4, 0.5) is 19.3 Å². The van der Waals surface area contributed by atoms with Crippen molar-refractivity contribution in [2.75, 3.05) is 11.9 Å². The number of rotatable bonds is 4. The van der Waals surface area contributed by atoms with Gasteiger partial charge in [-0.05, 0) is 19.1 Å². The second-order valence-corrected chi connectivity index (χ2v) is 5.90. The highest BCUT2D eigenvalue weighted by molar-refractivity contribution is 5.94. The van der Waals surface area contributed by atoms with Gasteiger partial charge in [0.05, 0.1) is 35.9 Å². The van der Waals surface area contributed by atoms with Gasteiger partial charge >= 0.3 is 6.03 Å². The van der Waals surface area contributed by atoms with E-state index in [0.29, 0.717) is 17.4 Å². The number of hydrogen-bond acceptors (Lipinski definition) is 5. The van der Waals surface area contributed by atoms with Crippen molar-refractivity contribution >= 4 is 17.6 Å². The molecule has 0 bridgehead atoms. The van der Waals surface area contributed by atoms with Gasteiger partial charge in [0.15, 0.2) is 0 Å². The standard InChI is InChI=1S/C17H14F2N6O2/c1-9(16-12(19)4-10(18)6-21-16)22-15(26)8-25-7-14-13(24-17(25)27)3-2-11(5-20)23-14/h2-4,6,9H,7-8H2,1H3,(H,22,26)(H,24,27)/t9-/m1/s1. The molecule has 2 aromatic heterocycles. The maximum Gasteiger partial charge on any atom is 0.322 e. The summed E-state index contributed by atoms with van der Waals surface area (Å²) < 4.78 is 26.7. The molecule has 0 saturated carbocycles. The predicted octanol–water partition coefficient (Wildman–Crippen LogP) is 1.85. The van der Waals surface area contributed by atoms with E-state index in [4.69, 9.17) is 5.26 Å². The molecule has 138 valence electrons. The lowest BCUT2D eigenvalue weighted by Crippen LogP contribution is -2.45. The van der Waals surface area contributed by atoms with Crippen LogP contribution >= 0.6 is 0 Å². The fourth-order valence-electron chi connectivity index (χ4n) is 2.65. The highest BCUT2D eigenvalue weighted by atomic mass is 19.1. The Morgan fingerprint density at radius 3 is 2.96 bits per heavy atom. The van der Waals surface area contributed by atoms with Crippen molar-refractivity contribution in [3.05, 3.63) is 53.1 Å². The van der Waals surface area contributed by atoms with Crippen molar-refractivity contribution in [2.24, 2.45) is 0 Å². The number of anilines is 1. The monoisotopic (exact) mass is 372 g/mol. The van der Waals surface area contributed by atoms with E-state index in [0.717, 1.165) is 6.20 Å². The lowest BCUT2D eigenvalue weighted by atomic mass is 10.2. The van der Waals surface area contributed by atoms with Crippen LogP contribution in [-0.2, 0) is 11.3 Å². The fourth-order valence-corrected chi connectivity index (χ4v) is 2.65. The van der Waals surface area contributed by atoms with Crippen molar-refractivity contribution in [3.8, 4) is 6.07 Å². The van der Waals surface area contributed by atoms with E-state index >= 15 is 0 Å². The molecular formula is C17H14F2N6O2. The molecule has 1 aliphatic heterocycles. The molecule has 3 amide bonds. The molecule has 0 radical (unpaired) electrons. The molecule has 0 saturated heterocycles. The maximum absolute atomic E-state index is 13.7. The highest BCUT2D eigenvalue weighted by Gasteiger charge is 2.26. The number of amides is 3. The Bertz CT molecular complexity index is 959. The van der Waals surface area contributed by atoms with Gasteiger partial charge in [0.1, 0.15) is 29.9 Å². The lowest BCUT2D eigenvalue weighted by Gasteiger charge is -2.28. The zero-order valence-electron chi connectivity index (χ0n) is 14.2. The number of hydrogen-bond donors (Lipinski definition) is 2. The van der Waals surface area contributed by atoms with Gasteiger partial charge in [0.2, 0.25) is 5.91 Å². The summed E-state index contributed by atoms with van der Waals surface area (Å²) in [7, 11) is 0. The van der Waals surface area contributed by atoms with E-state index in [9.17, 15) is 18.4 Å². The number of nitrogens with one attached hydrogen (secondary N) is 2. The van der Waals surface area contributed by atoms with Crippen LogP contribution < -0.4 is 10.6 Å². The Kier molecular flexibility index (Phi) is 4.94. The Balaban J connectivity index is 1.66. The van der Waals surface area contributed by atoms with Gasteiger partial charge in [0.25, 0.3) is 0 Å². The number of fused-ring (bicyclic) bond motifs is 1. The van der Waals surface area contributed by atoms with Crippen LogP contribution in [0.5, 0.6) is 0 Å². The molecule has 1 atom stereocenters. The first kappa shape index (κ1) is 18.2. The first-order chi connectivity index (χ1) is 12.9. The van der Waals surface area contributed by atoms with Crippen LogP contribution in [0.3, 0.4) is 0 Å². The molecule has 2 aromatic rings. The minimum Gasteiger partial charge on any atom is -0.346 e. The minimum absolute atomic E-state index is 0.0433. The second-order valence-electron chi connectivity index (χ2n) is 5.90. The summed E-state index contributed by atoms with van der Waals surface area (Å²) in [5.74, 6) is -2.24. The summed E-state index contributed by atoms with van der Waals surface area (Å²) in [6.07, 6.45) is 0.856. The van der Waals surface area contributed by atoms with E-state index < -0.39 is 29.6 Å². The van der Waals surface area contributed by atoms with E-state index in [1.807, 2.05) is 6.07 Å². The van der Waals surface area contributed by atoms with Crippen molar-refractivity contribution in [2.45, 2.75) is 19.5 Å². The number of halogens is 2. The van der Waals surface area contributed by atoms with Gasteiger partial charge in [-0.2, -0.15) is 5.26 Å². The summed E-state index contributed by atoms with van der Waals surface area (Å²) in [6.45, 7) is 1.23. The van der Waals surface area contributed by atoms with Gasteiger partial charge < -0.3 is 15.5 Å². The van der Waals surface area contributed by atoms with Crippen molar-refractivity contribution in [3.63, 3.8) is 0 Å². The van der Waals surface area contributed by atoms with Crippen LogP contribution in [0.25, 0.3) is 0 Å². The Hall–Kier alpha value is -3.61. The molecular weight excluding hydrogens is 358 g/mol. The SMILES string of the molecule is C[C@@H](NC(=O)CN1Cc2nc(C#N)ccc2NC1=O)c1ncc(F)cc1F. The van der Waals surface area contributed by atoms with Crippen LogP contribution in [0.15, 0.2) is 24.4 Å². The average molecular weight is 372 g/mol. The average Bonchev–Trinajstić information content (AvgIpc) is 2.61. The lowest BCUT2D eigenvalue weighted by molar-refractivity contribution is -0.122. The molecule has 27 heavy (non-hydrogen) atoms. The number of pyridine rings is 2. The molecule has 0 aliphatic carbocycles. The second kappa shape index (κ2) is 7.33. The van der Waals surface area contributed by atoms with Gasteiger partial charge in [0, 0.05) is 6.07 Å². The Morgan fingerprint density at radius 2 is 2.26 bits per heavy atom. The van der Waals surface area contributed by atoms with Crippen LogP contribution in [0, 0.1) is 23.0 Å². The largest absolute Gasteiger partial charge is 0.346 e. The number of urea groups is 1. The van der Waals surface area contributed by atoms with Crippen molar-refractivity contribution in [1.82, 2.24) is 20.2 Å². The van der Waals surface area contributed by atoms with E-state index in [-0.39, 0.29) is 24.5 Å². The third kappa shape index (κ3) is 3.98. The Labute approximate surface area is 152 Å². The summed E-state index contributed by atoms with van der Waals surface area (Å²) in [6, 6.07) is 4.32. The molecule has 3 heterocycles. The van der Waals surface area contributed by atoms with Crippen LogP contribution in [0.1, 0.15) is 30.0 Å². The van der Waals surface area contributed by atoms with Crippen LogP contribution in [-0.4, -0.2) is 33.4 Å².